The number of hydrogen-bond donors (Lipinski definition) is 0. The fraction of sp³-hybridized carbons (Fsp3) is 0.483. The van der Waals surface area contributed by atoms with Crippen LogP contribution in [0, 0.1) is 0 Å². The predicted molar refractivity (Wildman–Crippen MR) is 137 cm³/mol. The number of fused-ring (bicyclic) bond motifs is 3. The van der Waals surface area contributed by atoms with Crippen molar-refractivity contribution in [3.63, 3.8) is 0 Å². The average Bonchev–Trinajstić information content (AvgIpc) is 3.67. The zero-order valence-electron chi connectivity index (χ0n) is 22.0. The first-order valence-corrected chi connectivity index (χ1v) is 13.6. The van der Waals surface area contributed by atoms with Gasteiger partial charge in [-0.3, -0.25) is 9.69 Å². The van der Waals surface area contributed by atoms with E-state index in [-0.39, 0.29) is 36.7 Å². The zero-order valence-corrected chi connectivity index (χ0v) is 22.0. The molecule has 0 saturated carbocycles. The molecule has 11 heteroatoms. The van der Waals surface area contributed by atoms with Crippen LogP contribution in [0.25, 0.3) is 0 Å². The number of nitrogens with zero attached hydrogens (tertiary/aromatic N) is 5. The van der Waals surface area contributed by atoms with Crippen molar-refractivity contribution in [1.29, 1.82) is 0 Å². The van der Waals surface area contributed by atoms with Gasteiger partial charge in [0.25, 0.3) is 5.91 Å². The molecule has 2 aromatic carbocycles. The lowest BCUT2D eigenvalue weighted by atomic mass is 9.74. The van der Waals surface area contributed by atoms with Gasteiger partial charge in [-0.2, -0.15) is 13.2 Å². The van der Waals surface area contributed by atoms with Crippen LogP contribution in [0.2, 0.25) is 0 Å². The van der Waals surface area contributed by atoms with Crippen molar-refractivity contribution in [3.05, 3.63) is 76.4 Å². The van der Waals surface area contributed by atoms with Gasteiger partial charge >= 0.3 is 6.18 Å². The third-order valence-corrected chi connectivity index (χ3v) is 9.29. The molecule has 7 rings (SSSR count). The van der Waals surface area contributed by atoms with E-state index in [1.54, 1.807) is 37.4 Å². The number of rotatable bonds is 6. The number of anilines is 1. The molecule has 7 nitrogen and oxygen atoms in total. The van der Waals surface area contributed by atoms with Crippen molar-refractivity contribution >= 4 is 11.6 Å². The first-order chi connectivity index (χ1) is 19.2. The Hall–Kier alpha value is -3.31. The normalized spacial score (nSPS) is 24.4. The molecule has 0 N–H and O–H groups in total. The largest absolute Gasteiger partial charge is 0.416 e. The summed E-state index contributed by atoms with van der Waals surface area (Å²) >= 11 is 0. The Morgan fingerprint density at radius 2 is 1.82 bits per heavy atom. The molecule has 4 aliphatic heterocycles. The topological polar surface area (TPSA) is 63.5 Å². The van der Waals surface area contributed by atoms with Gasteiger partial charge in [-0.05, 0) is 66.6 Å². The molecule has 5 heterocycles. The van der Waals surface area contributed by atoms with E-state index in [2.05, 4.69) is 15.1 Å². The molecule has 1 amide bonds. The van der Waals surface area contributed by atoms with E-state index in [1.165, 1.54) is 21.9 Å². The molecule has 3 aromatic rings. The van der Waals surface area contributed by atoms with Crippen molar-refractivity contribution < 1.29 is 27.1 Å². The SMILES string of the molecule is Cn1cnnc1[C@H](F)C1(c2cccc(N3Cc4c(cc(CN5C6CCC5CC6)cc4C(F)(F)F)C3=O)c2)COC1. The molecule has 3 fully saturated rings. The third-order valence-electron chi connectivity index (χ3n) is 9.29. The van der Waals surface area contributed by atoms with E-state index in [1.807, 2.05) is 0 Å². The highest BCUT2D eigenvalue weighted by molar-refractivity contribution is 6.10. The Labute approximate surface area is 228 Å². The maximum Gasteiger partial charge on any atom is 0.416 e. The number of halogens is 4. The minimum atomic E-state index is -4.59. The zero-order chi connectivity index (χ0) is 27.8. The minimum Gasteiger partial charge on any atom is -0.379 e. The second kappa shape index (κ2) is 9.10. The summed E-state index contributed by atoms with van der Waals surface area (Å²) < 4.78 is 65.6. The molecule has 210 valence electrons. The lowest BCUT2D eigenvalue weighted by molar-refractivity contribution is -0.138. The van der Waals surface area contributed by atoms with Crippen LogP contribution in [-0.4, -0.2) is 50.9 Å². The maximum atomic E-state index is 15.9. The number of hydrogen-bond acceptors (Lipinski definition) is 5. The Morgan fingerprint density at radius 3 is 2.42 bits per heavy atom. The van der Waals surface area contributed by atoms with E-state index in [0.29, 0.717) is 35.4 Å². The number of carbonyl (C=O) groups is 1. The van der Waals surface area contributed by atoms with E-state index in [0.717, 1.165) is 25.7 Å². The Balaban J connectivity index is 1.22. The van der Waals surface area contributed by atoms with Gasteiger partial charge in [-0.25, -0.2) is 4.39 Å². The van der Waals surface area contributed by atoms with E-state index >= 15 is 4.39 Å². The molecule has 40 heavy (non-hydrogen) atoms. The third kappa shape index (κ3) is 3.88. The van der Waals surface area contributed by atoms with Crippen LogP contribution in [0.4, 0.5) is 23.2 Å². The van der Waals surface area contributed by atoms with Crippen LogP contribution in [0.15, 0.2) is 42.7 Å². The molecular weight excluding hydrogens is 526 g/mol. The number of ether oxygens (including phenoxy) is 1. The highest BCUT2D eigenvalue weighted by Crippen LogP contribution is 2.47. The van der Waals surface area contributed by atoms with Crippen LogP contribution >= 0.6 is 0 Å². The fourth-order valence-electron chi connectivity index (χ4n) is 7.04. The quantitative estimate of drug-likeness (QED) is 0.396. The van der Waals surface area contributed by atoms with E-state index in [4.69, 9.17) is 4.74 Å². The highest BCUT2D eigenvalue weighted by atomic mass is 19.4. The Kier molecular flexibility index (Phi) is 5.84. The van der Waals surface area contributed by atoms with Gasteiger partial charge in [0.2, 0.25) is 0 Å². The van der Waals surface area contributed by atoms with Crippen molar-refractivity contribution in [1.82, 2.24) is 19.7 Å². The summed E-state index contributed by atoms with van der Waals surface area (Å²) in [4.78, 5) is 17.3. The summed E-state index contributed by atoms with van der Waals surface area (Å²) in [6.07, 6.45) is -0.376. The minimum absolute atomic E-state index is 0.0137. The predicted octanol–water partition coefficient (Wildman–Crippen LogP) is 5.10. The summed E-state index contributed by atoms with van der Waals surface area (Å²) in [6, 6.07) is 10.5. The molecule has 0 aliphatic carbocycles. The van der Waals surface area contributed by atoms with Gasteiger partial charge in [0.05, 0.1) is 30.7 Å². The van der Waals surface area contributed by atoms with Crippen molar-refractivity contribution in [2.75, 3.05) is 18.1 Å². The molecule has 4 aliphatic rings. The fourth-order valence-corrected chi connectivity index (χ4v) is 7.04. The van der Waals surface area contributed by atoms with Gasteiger partial charge < -0.3 is 14.2 Å². The summed E-state index contributed by atoms with van der Waals surface area (Å²) in [7, 11) is 1.66. The molecule has 0 radical (unpaired) electrons. The smallest absolute Gasteiger partial charge is 0.379 e. The lowest BCUT2D eigenvalue weighted by Gasteiger charge is -2.43. The molecule has 3 saturated heterocycles. The average molecular weight is 556 g/mol. The molecule has 2 bridgehead atoms. The van der Waals surface area contributed by atoms with Crippen LogP contribution < -0.4 is 4.90 Å². The molecular formula is C29H29F4N5O2. The first kappa shape index (κ1) is 25.6. The van der Waals surface area contributed by atoms with Crippen LogP contribution in [-0.2, 0) is 36.5 Å². The number of alkyl halides is 4. The molecule has 0 spiro atoms. The summed E-state index contributed by atoms with van der Waals surface area (Å²) in [6.45, 7) is 0.432. The second-order valence-electron chi connectivity index (χ2n) is 11.6. The Morgan fingerprint density at radius 1 is 1.10 bits per heavy atom. The number of aromatic nitrogens is 3. The lowest BCUT2D eigenvalue weighted by Crippen LogP contribution is -2.50. The van der Waals surface area contributed by atoms with Crippen molar-refractivity contribution in [2.45, 2.75) is 68.6 Å². The number of aryl methyl sites for hydroxylation is 1. The van der Waals surface area contributed by atoms with Crippen LogP contribution in [0.5, 0.6) is 0 Å². The van der Waals surface area contributed by atoms with Gasteiger partial charge in [0, 0.05) is 36.9 Å². The molecule has 1 aromatic heterocycles. The van der Waals surface area contributed by atoms with Gasteiger partial charge in [-0.1, -0.05) is 12.1 Å². The first-order valence-electron chi connectivity index (χ1n) is 13.6. The summed E-state index contributed by atoms with van der Waals surface area (Å²) in [5, 5.41) is 7.71. The van der Waals surface area contributed by atoms with E-state index < -0.39 is 29.2 Å². The van der Waals surface area contributed by atoms with Crippen molar-refractivity contribution in [3.8, 4) is 0 Å². The van der Waals surface area contributed by atoms with E-state index in [9.17, 15) is 18.0 Å². The number of amides is 1. The van der Waals surface area contributed by atoms with Crippen molar-refractivity contribution in [2.24, 2.45) is 7.05 Å². The Bertz CT molecular complexity index is 1460. The summed E-state index contributed by atoms with van der Waals surface area (Å²) in [5.41, 5.74) is -0.187. The highest BCUT2D eigenvalue weighted by Gasteiger charge is 2.51. The molecule has 0 unspecified atom stereocenters. The monoisotopic (exact) mass is 555 g/mol. The van der Waals surface area contributed by atoms with Gasteiger partial charge in [0.15, 0.2) is 12.0 Å². The van der Waals surface area contributed by atoms with Gasteiger partial charge in [0.1, 0.15) is 6.33 Å². The van der Waals surface area contributed by atoms with Crippen LogP contribution in [0.3, 0.4) is 0 Å². The van der Waals surface area contributed by atoms with Crippen LogP contribution in [0.1, 0.15) is 70.3 Å². The standard InChI is InChI=1S/C29H29F4N5O2/c1-36-16-34-35-26(36)25(30)28(14-40-15-28)18-3-2-4-21(11-18)38-13-23-22(27(38)39)9-17(10-24(23)29(31,32)33)12-37-19-5-6-20(37)8-7-19/h2-4,9-11,16,19-20,25H,5-8,12-15H2,1H3/t19?,20?,25-/m0/s1. The number of benzene rings is 2. The maximum absolute atomic E-state index is 15.9. The summed E-state index contributed by atoms with van der Waals surface area (Å²) in [5.74, 6) is -0.319. The number of carbonyl (C=O) groups excluding carboxylic acids is 1. The molecule has 1 atom stereocenters. The second-order valence-corrected chi connectivity index (χ2v) is 11.6. The van der Waals surface area contributed by atoms with Gasteiger partial charge in [-0.15, -0.1) is 10.2 Å².